The fraction of sp³-hybridized carbons (Fsp3) is 0.727. The Kier molecular flexibility index (Phi) is 8.53. The number of aliphatic hydroxyl groups excluding tert-OH is 2. The second kappa shape index (κ2) is 10.6. The van der Waals surface area contributed by atoms with Crippen LogP contribution in [0.15, 0.2) is 23.5 Å². The molecule has 0 aromatic heterocycles. The number of rotatable bonds is 10. The van der Waals surface area contributed by atoms with Crippen molar-refractivity contribution in [2.24, 2.45) is 17.8 Å². The van der Waals surface area contributed by atoms with Gasteiger partial charge in [0.2, 0.25) is 0 Å². The van der Waals surface area contributed by atoms with Crippen molar-refractivity contribution in [1.29, 1.82) is 5.26 Å². The maximum atomic E-state index is 10.7. The van der Waals surface area contributed by atoms with Crippen molar-refractivity contribution in [2.45, 2.75) is 83.5 Å². The quantitative estimate of drug-likeness (QED) is 0.388. The molecule has 1 saturated carbocycles. The van der Waals surface area contributed by atoms with Gasteiger partial charge >= 0.3 is 5.97 Å². The Morgan fingerprint density at radius 3 is 2.79 bits per heavy atom. The van der Waals surface area contributed by atoms with Gasteiger partial charge in [-0.3, -0.25) is 4.79 Å². The first-order valence-corrected chi connectivity index (χ1v) is 10.4. The molecule has 1 unspecified atom stereocenters. The third-order valence-electron chi connectivity index (χ3n) is 6.02. The van der Waals surface area contributed by atoms with E-state index in [2.05, 4.69) is 13.0 Å². The maximum Gasteiger partial charge on any atom is 0.303 e. The van der Waals surface area contributed by atoms with Crippen molar-refractivity contribution in [3.05, 3.63) is 23.5 Å². The average molecular weight is 392 g/mol. The number of nitriles is 1. The highest BCUT2D eigenvalue weighted by Gasteiger charge is 2.47. The molecule has 2 aliphatic rings. The van der Waals surface area contributed by atoms with E-state index in [0.29, 0.717) is 37.0 Å². The van der Waals surface area contributed by atoms with E-state index in [1.807, 2.05) is 13.0 Å². The lowest BCUT2D eigenvalue weighted by Crippen LogP contribution is -2.20. The van der Waals surface area contributed by atoms with E-state index in [-0.39, 0.29) is 30.3 Å². The summed E-state index contributed by atoms with van der Waals surface area (Å²) in [5.41, 5.74) is 0.515. The van der Waals surface area contributed by atoms with Gasteiger partial charge in [-0.05, 0) is 25.2 Å². The molecule has 0 aromatic rings. The fourth-order valence-electron chi connectivity index (χ4n) is 4.22. The van der Waals surface area contributed by atoms with Gasteiger partial charge in [-0.15, -0.1) is 0 Å². The minimum atomic E-state index is -0.869. The first-order chi connectivity index (χ1) is 13.4. The van der Waals surface area contributed by atoms with E-state index in [9.17, 15) is 20.3 Å². The molecule has 2 fully saturated rings. The Balaban J connectivity index is 2.00. The molecule has 0 aromatic carbocycles. The number of aliphatic carboxylic acids is 1. The number of carboxylic acid groups (broad SMARTS) is 1. The molecule has 6 heteroatoms. The Bertz CT molecular complexity index is 635. The summed E-state index contributed by atoms with van der Waals surface area (Å²) in [5.74, 6) is -0.0615. The number of hydrogen-bond donors (Lipinski definition) is 3. The molecule has 1 aliphatic carbocycles. The van der Waals surface area contributed by atoms with E-state index < -0.39 is 18.2 Å². The van der Waals surface area contributed by atoms with Gasteiger partial charge in [0.25, 0.3) is 0 Å². The number of carboxylic acids is 1. The molecule has 3 N–H and O–H groups in total. The van der Waals surface area contributed by atoms with Crippen molar-refractivity contribution < 1.29 is 24.9 Å². The SMILES string of the molecule is CCCCC(C)[C@@H](O)/C=C/[C@@H]1[C@H]2C/C(=C(/C#N)CCCC(=O)O)O[C@H]2C[C@H]1O. The van der Waals surface area contributed by atoms with Crippen LogP contribution in [-0.4, -0.2) is 39.6 Å². The minimum Gasteiger partial charge on any atom is -0.493 e. The van der Waals surface area contributed by atoms with Gasteiger partial charge in [0.1, 0.15) is 11.9 Å². The summed E-state index contributed by atoms with van der Waals surface area (Å²) in [6.07, 6.45) is 7.65. The summed E-state index contributed by atoms with van der Waals surface area (Å²) >= 11 is 0. The molecule has 156 valence electrons. The predicted octanol–water partition coefficient (Wildman–Crippen LogP) is 3.55. The summed E-state index contributed by atoms with van der Waals surface area (Å²) in [6, 6.07) is 2.16. The summed E-state index contributed by atoms with van der Waals surface area (Å²) in [6.45, 7) is 4.17. The molecular weight excluding hydrogens is 358 g/mol. The van der Waals surface area contributed by atoms with Gasteiger partial charge in [0.15, 0.2) is 0 Å². The lowest BCUT2D eigenvalue weighted by atomic mass is 9.89. The molecular formula is C22H33NO5. The van der Waals surface area contributed by atoms with Gasteiger partial charge < -0.3 is 20.1 Å². The van der Waals surface area contributed by atoms with Crippen LogP contribution in [0.5, 0.6) is 0 Å². The molecule has 0 radical (unpaired) electrons. The molecule has 1 aliphatic heterocycles. The number of fused-ring (bicyclic) bond motifs is 1. The van der Waals surface area contributed by atoms with Crippen LogP contribution in [0.1, 0.15) is 65.2 Å². The van der Waals surface area contributed by atoms with Gasteiger partial charge in [0.05, 0.1) is 23.9 Å². The zero-order chi connectivity index (χ0) is 20.7. The van der Waals surface area contributed by atoms with E-state index >= 15 is 0 Å². The standard InChI is InChI=1S/C22H33NO5/c1-3-4-6-14(2)18(24)10-9-16-17-11-20(28-21(17)12-19(16)25)15(13-23)7-5-8-22(26)27/h9-10,14,16-19,21,24-25H,3-8,11-12H2,1-2H3,(H,26,27)/b10-9+,20-15-/t14?,16-,17-,18+,19-,21+/m1/s1. The highest BCUT2D eigenvalue weighted by atomic mass is 16.5. The number of carbonyl (C=O) groups is 1. The molecule has 1 heterocycles. The molecule has 2 rings (SSSR count). The Morgan fingerprint density at radius 2 is 2.14 bits per heavy atom. The van der Waals surface area contributed by atoms with Crippen LogP contribution in [0.25, 0.3) is 0 Å². The summed E-state index contributed by atoms with van der Waals surface area (Å²) in [5, 5.41) is 38.9. The van der Waals surface area contributed by atoms with Crippen LogP contribution >= 0.6 is 0 Å². The Hall–Kier alpha value is -1.84. The number of ether oxygens (including phenoxy) is 1. The van der Waals surface area contributed by atoms with Gasteiger partial charge in [-0.1, -0.05) is 38.8 Å². The van der Waals surface area contributed by atoms with E-state index in [1.165, 1.54) is 0 Å². The van der Waals surface area contributed by atoms with Crippen molar-refractivity contribution in [2.75, 3.05) is 0 Å². The first-order valence-electron chi connectivity index (χ1n) is 10.4. The number of allylic oxidation sites excluding steroid dienone is 2. The Morgan fingerprint density at radius 1 is 1.39 bits per heavy atom. The largest absolute Gasteiger partial charge is 0.493 e. The first kappa shape index (κ1) is 22.4. The second-order valence-electron chi connectivity index (χ2n) is 8.16. The minimum absolute atomic E-state index is 0.0312. The number of unbranched alkanes of at least 4 members (excludes halogenated alkanes) is 1. The number of aliphatic hydroxyl groups is 2. The fourth-order valence-corrected chi connectivity index (χ4v) is 4.22. The van der Waals surface area contributed by atoms with Crippen LogP contribution < -0.4 is 0 Å². The summed E-state index contributed by atoms with van der Waals surface area (Å²) in [7, 11) is 0. The maximum absolute atomic E-state index is 10.7. The van der Waals surface area contributed by atoms with Gasteiger partial charge in [-0.2, -0.15) is 5.26 Å². The normalized spacial score (nSPS) is 30.5. The molecule has 0 spiro atoms. The van der Waals surface area contributed by atoms with Crippen molar-refractivity contribution in [1.82, 2.24) is 0 Å². The van der Waals surface area contributed by atoms with Crippen LogP contribution in [0.2, 0.25) is 0 Å². The second-order valence-corrected chi connectivity index (χ2v) is 8.16. The van der Waals surface area contributed by atoms with Crippen LogP contribution in [-0.2, 0) is 9.53 Å². The highest BCUT2D eigenvalue weighted by Crippen LogP contribution is 2.46. The lowest BCUT2D eigenvalue weighted by molar-refractivity contribution is -0.137. The zero-order valence-electron chi connectivity index (χ0n) is 16.9. The van der Waals surface area contributed by atoms with Crippen molar-refractivity contribution in [3.63, 3.8) is 0 Å². The lowest BCUT2D eigenvalue weighted by Gasteiger charge is -2.18. The molecule has 6 nitrogen and oxygen atoms in total. The molecule has 6 atom stereocenters. The van der Waals surface area contributed by atoms with Crippen LogP contribution in [0.4, 0.5) is 0 Å². The van der Waals surface area contributed by atoms with E-state index in [0.717, 1.165) is 19.3 Å². The predicted molar refractivity (Wildman–Crippen MR) is 105 cm³/mol. The highest BCUT2D eigenvalue weighted by molar-refractivity contribution is 5.66. The summed E-state index contributed by atoms with van der Waals surface area (Å²) in [4.78, 5) is 10.7. The van der Waals surface area contributed by atoms with Gasteiger partial charge in [-0.25, -0.2) is 0 Å². The third kappa shape index (κ3) is 5.83. The molecule has 28 heavy (non-hydrogen) atoms. The van der Waals surface area contributed by atoms with Crippen LogP contribution in [0, 0.1) is 29.1 Å². The smallest absolute Gasteiger partial charge is 0.303 e. The topological polar surface area (TPSA) is 111 Å². The molecule has 0 amide bonds. The van der Waals surface area contributed by atoms with E-state index in [1.54, 1.807) is 6.08 Å². The Labute approximate surface area is 167 Å². The number of nitrogens with zero attached hydrogens (tertiary/aromatic N) is 1. The molecule has 1 saturated heterocycles. The average Bonchev–Trinajstić information content (AvgIpc) is 3.18. The number of hydrogen-bond acceptors (Lipinski definition) is 5. The summed E-state index contributed by atoms with van der Waals surface area (Å²) < 4.78 is 5.96. The molecule has 0 bridgehead atoms. The monoisotopic (exact) mass is 391 g/mol. The van der Waals surface area contributed by atoms with Crippen molar-refractivity contribution in [3.8, 4) is 6.07 Å². The van der Waals surface area contributed by atoms with Crippen molar-refractivity contribution >= 4 is 5.97 Å². The third-order valence-corrected chi connectivity index (χ3v) is 6.02. The van der Waals surface area contributed by atoms with Crippen LogP contribution in [0.3, 0.4) is 0 Å². The van der Waals surface area contributed by atoms with Gasteiger partial charge in [0, 0.05) is 31.1 Å². The zero-order valence-corrected chi connectivity index (χ0v) is 16.9. The van der Waals surface area contributed by atoms with E-state index in [4.69, 9.17) is 9.84 Å².